The minimum Gasteiger partial charge on any atom is -0.345 e. The van der Waals surface area contributed by atoms with E-state index in [-0.39, 0.29) is 34.7 Å². The molecule has 0 spiro atoms. The Labute approximate surface area is 204 Å². The van der Waals surface area contributed by atoms with E-state index in [0.717, 1.165) is 5.56 Å². The minimum absolute atomic E-state index is 0.0397. The molecule has 172 valence electrons. The van der Waals surface area contributed by atoms with Crippen LogP contribution in [0.5, 0.6) is 0 Å². The predicted molar refractivity (Wildman–Crippen MR) is 128 cm³/mol. The zero-order chi connectivity index (χ0) is 24.0. The number of aryl methyl sites for hydroxylation is 1. The molecule has 11 heteroatoms. The first-order chi connectivity index (χ1) is 15.8. The van der Waals surface area contributed by atoms with Crippen LogP contribution in [0, 0.1) is 12.7 Å². The lowest BCUT2D eigenvalue weighted by atomic mass is 10.2. The van der Waals surface area contributed by atoms with Crippen LogP contribution in [0.25, 0.3) is 0 Å². The van der Waals surface area contributed by atoms with Gasteiger partial charge in [0.25, 0.3) is 5.91 Å². The molecule has 33 heavy (non-hydrogen) atoms. The normalized spacial score (nSPS) is 10.7. The number of amides is 2. The number of hydrogen-bond donors (Lipinski definition) is 2. The topological polar surface area (TPSA) is 88.9 Å². The number of nitrogens with one attached hydrogen (secondary N) is 2. The van der Waals surface area contributed by atoms with E-state index in [1.165, 1.54) is 36.0 Å². The molecule has 2 N–H and O–H groups in total. The Morgan fingerprint density at radius 2 is 2.00 bits per heavy atom. The third kappa shape index (κ3) is 6.56. The highest BCUT2D eigenvalue weighted by Crippen LogP contribution is 2.22. The molecule has 7 nitrogen and oxygen atoms in total. The number of hydrogen-bond acceptors (Lipinski definition) is 5. The van der Waals surface area contributed by atoms with Gasteiger partial charge in [-0.3, -0.25) is 9.59 Å². The van der Waals surface area contributed by atoms with Crippen molar-refractivity contribution in [2.75, 3.05) is 11.1 Å². The average Bonchev–Trinajstić information content (AvgIpc) is 3.15. The largest absolute Gasteiger partial charge is 0.345 e. The second kappa shape index (κ2) is 11.3. The molecule has 0 aliphatic carbocycles. The van der Waals surface area contributed by atoms with Crippen molar-refractivity contribution in [3.05, 3.63) is 81.9 Å². The second-order valence-corrected chi connectivity index (χ2v) is 8.69. The van der Waals surface area contributed by atoms with Gasteiger partial charge in [0.05, 0.1) is 22.9 Å². The molecular formula is C22H20Cl2FN5O2S. The van der Waals surface area contributed by atoms with Crippen molar-refractivity contribution in [3.8, 4) is 0 Å². The molecule has 1 aromatic heterocycles. The van der Waals surface area contributed by atoms with Gasteiger partial charge in [0.15, 0.2) is 11.0 Å². The molecule has 0 aliphatic rings. The van der Waals surface area contributed by atoms with Crippen molar-refractivity contribution in [3.63, 3.8) is 0 Å². The summed E-state index contributed by atoms with van der Waals surface area (Å²) >= 11 is 13.1. The van der Waals surface area contributed by atoms with Crippen LogP contribution in [0.1, 0.15) is 21.7 Å². The third-order valence-corrected chi connectivity index (χ3v) is 6.01. The van der Waals surface area contributed by atoms with E-state index >= 15 is 0 Å². The van der Waals surface area contributed by atoms with Crippen LogP contribution in [-0.4, -0.2) is 32.3 Å². The van der Waals surface area contributed by atoms with Gasteiger partial charge in [-0.05, 0) is 42.8 Å². The third-order valence-electron chi connectivity index (χ3n) is 4.49. The summed E-state index contributed by atoms with van der Waals surface area (Å²) in [6.45, 7) is 5.98. The molecule has 0 atom stereocenters. The molecule has 3 aromatic rings. The number of anilines is 1. The SMILES string of the molecule is C=CCn1c(CNC(=O)c2ccc(Cl)cc2Cl)nnc1SCC(=O)Nc1cc(F)ccc1C. The Morgan fingerprint density at radius 3 is 2.73 bits per heavy atom. The van der Waals surface area contributed by atoms with Crippen molar-refractivity contribution in [1.82, 2.24) is 20.1 Å². The second-order valence-electron chi connectivity index (χ2n) is 6.90. The summed E-state index contributed by atoms with van der Waals surface area (Å²) in [5.41, 5.74) is 1.45. The fourth-order valence-corrected chi connectivity index (χ4v) is 4.10. The average molecular weight is 508 g/mol. The molecule has 3 rings (SSSR count). The molecule has 2 aromatic carbocycles. The summed E-state index contributed by atoms with van der Waals surface area (Å²) < 4.78 is 15.2. The van der Waals surface area contributed by atoms with E-state index in [1.807, 2.05) is 0 Å². The fraction of sp³-hybridized carbons (Fsp3) is 0.182. The van der Waals surface area contributed by atoms with E-state index in [0.29, 0.717) is 28.2 Å². The van der Waals surface area contributed by atoms with Gasteiger partial charge >= 0.3 is 0 Å². The fourth-order valence-electron chi connectivity index (χ4n) is 2.84. The van der Waals surface area contributed by atoms with E-state index < -0.39 is 5.82 Å². The molecule has 2 amide bonds. The van der Waals surface area contributed by atoms with Crippen LogP contribution in [0.4, 0.5) is 10.1 Å². The highest BCUT2D eigenvalue weighted by molar-refractivity contribution is 7.99. The molecule has 0 unspecified atom stereocenters. The number of nitrogens with zero attached hydrogens (tertiary/aromatic N) is 3. The summed E-state index contributed by atoms with van der Waals surface area (Å²) in [6, 6.07) is 8.80. The van der Waals surface area contributed by atoms with Gasteiger partial charge in [0, 0.05) is 17.3 Å². The molecule has 0 saturated carbocycles. The summed E-state index contributed by atoms with van der Waals surface area (Å²) in [6.07, 6.45) is 1.66. The number of rotatable bonds is 9. The van der Waals surface area contributed by atoms with E-state index in [2.05, 4.69) is 27.4 Å². The minimum atomic E-state index is -0.430. The molecule has 0 fully saturated rings. The van der Waals surface area contributed by atoms with E-state index in [9.17, 15) is 14.0 Å². The Morgan fingerprint density at radius 1 is 1.21 bits per heavy atom. The van der Waals surface area contributed by atoms with Crippen molar-refractivity contribution < 1.29 is 14.0 Å². The zero-order valence-electron chi connectivity index (χ0n) is 17.6. The number of carbonyl (C=O) groups excluding carboxylic acids is 2. The number of halogens is 3. The van der Waals surface area contributed by atoms with Crippen LogP contribution in [0.15, 0.2) is 54.2 Å². The van der Waals surface area contributed by atoms with Gasteiger partial charge in [-0.2, -0.15) is 0 Å². The highest BCUT2D eigenvalue weighted by atomic mass is 35.5. The number of allylic oxidation sites excluding steroid dienone is 1. The standard InChI is InChI=1S/C22H20Cl2FN5O2S/c1-3-8-30-19(11-26-21(32)16-7-5-14(23)9-17(16)24)28-29-22(30)33-12-20(31)27-18-10-15(25)6-4-13(18)2/h3-7,9-10H,1,8,11-12H2,2H3,(H,26,32)(H,27,31). The maximum atomic E-state index is 13.4. The Bertz CT molecular complexity index is 1200. The molecule has 0 bridgehead atoms. The summed E-state index contributed by atoms with van der Waals surface area (Å²) in [4.78, 5) is 24.8. The zero-order valence-corrected chi connectivity index (χ0v) is 19.9. The number of benzene rings is 2. The lowest BCUT2D eigenvalue weighted by Crippen LogP contribution is -2.25. The molecule has 0 saturated heterocycles. The van der Waals surface area contributed by atoms with Crippen molar-refractivity contribution in [2.24, 2.45) is 0 Å². The maximum Gasteiger partial charge on any atom is 0.253 e. The smallest absolute Gasteiger partial charge is 0.253 e. The van der Waals surface area contributed by atoms with Crippen LogP contribution in [0.2, 0.25) is 10.0 Å². The van der Waals surface area contributed by atoms with Gasteiger partial charge < -0.3 is 15.2 Å². The van der Waals surface area contributed by atoms with Crippen LogP contribution >= 0.6 is 35.0 Å². The van der Waals surface area contributed by atoms with E-state index in [4.69, 9.17) is 23.2 Å². The van der Waals surface area contributed by atoms with Crippen LogP contribution < -0.4 is 10.6 Å². The van der Waals surface area contributed by atoms with Crippen LogP contribution in [0.3, 0.4) is 0 Å². The predicted octanol–water partition coefficient (Wildman–Crippen LogP) is 4.88. The Kier molecular flexibility index (Phi) is 8.49. The first kappa shape index (κ1) is 24.8. The lowest BCUT2D eigenvalue weighted by molar-refractivity contribution is -0.113. The van der Waals surface area contributed by atoms with Gasteiger partial charge in [-0.15, -0.1) is 16.8 Å². The number of aromatic nitrogens is 3. The quantitative estimate of drug-likeness (QED) is 0.318. The van der Waals surface area contributed by atoms with Gasteiger partial charge in [-0.1, -0.05) is 47.1 Å². The first-order valence-corrected chi connectivity index (χ1v) is 11.5. The van der Waals surface area contributed by atoms with Crippen LogP contribution in [-0.2, 0) is 17.9 Å². The van der Waals surface area contributed by atoms with Crippen molar-refractivity contribution in [2.45, 2.75) is 25.2 Å². The number of thioether (sulfide) groups is 1. The maximum absolute atomic E-state index is 13.4. The van der Waals surface area contributed by atoms with Gasteiger partial charge in [-0.25, -0.2) is 4.39 Å². The summed E-state index contributed by atoms with van der Waals surface area (Å²) in [5.74, 6) is -0.603. The molecule has 0 aliphatic heterocycles. The monoisotopic (exact) mass is 507 g/mol. The molecule has 0 radical (unpaired) electrons. The van der Waals surface area contributed by atoms with Gasteiger partial charge in [0.2, 0.25) is 5.91 Å². The lowest BCUT2D eigenvalue weighted by Gasteiger charge is -2.10. The van der Waals surface area contributed by atoms with E-state index in [1.54, 1.807) is 29.7 Å². The number of carbonyl (C=O) groups is 2. The summed E-state index contributed by atoms with van der Waals surface area (Å²) in [5, 5.41) is 14.8. The highest BCUT2D eigenvalue weighted by Gasteiger charge is 2.16. The Balaban J connectivity index is 1.63. The van der Waals surface area contributed by atoms with Gasteiger partial charge in [0.1, 0.15) is 5.82 Å². The van der Waals surface area contributed by atoms with Crippen molar-refractivity contribution in [1.29, 1.82) is 0 Å². The summed E-state index contributed by atoms with van der Waals surface area (Å²) in [7, 11) is 0. The molecule has 1 heterocycles. The molecular weight excluding hydrogens is 488 g/mol. The van der Waals surface area contributed by atoms with Crippen molar-refractivity contribution >= 4 is 52.5 Å². The Hall–Kier alpha value is -2.88. The first-order valence-electron chi connectivity index (χ1n) is 9.73.